The van der Waals surface area contributed by atoms with E-state index in [4.69, 9.17) is 9.47 Å². The van der Waals surface area contributed by atoms with Crippen molar-refractivity contribution in [2.45, 2.75) is 17.9 Å². The molecule has 0 spiro atoms. The number of benzene rings is 1. The number of carbonyl (C=O) groups excluding carboxylic acids is 1. The molecule has 0 bridgehead atoms. The Morgan fingerprint density at radius 2 is 2.00 bits per heavy atom. The predicted molar refractivity (Wildman–Crippen MR) is 108 cm³/mol. The van der Waals surface area contributed by atoms with E-state index in [-0.39, 0.29) is 6.03 Å². The molecule has 1 fully saturated rings. The fourth-order valence-electron chi connectivity index (χ4n) is 3.12. The lowest BCUT2D eigenvalue weighted by Gasteiger charge is -2.32. The summed E-state index contributed by atoms with van der Waals surface area (Å²) in [5, 5.41) is 4.00. The Bertz CT molecular complexity index is 749. The van der Waals surface area contributed by atoms with Crippen LogP contribution in [0.5, 0.6) is 11.5 Å². The molecular formula is C20H25N3O3S. The van der Waals surface area contributed by atoms with Gasteiger partial charge in [0.2, 0.25) is 0 Å². The molecule has 1 saturated heterocycles. The SMILES string of the molecule is COc1cccc(NC(=O)N2CCC(CSc3ccccn3)CC2)c1OC. The summed E-state index contributed by atoms with van der Waals surface area (Å²) >= 11 is 1.79. The van der Waals surface area contributed by atoms with E-state index in [9.17, 15) is 4.79 Å². The summed E-state index contributed by atoms with van der Waals surface area (Å²) in [4.78, 5) is 18.8. The summed E-state index contributed by atoms with van der Waals surface area (Å²) in [6.45, 7) is 1.51. The van der Waals surface area contributed by atoms with Crippen LogP contribution in [0.4, 0.5) is 10.5 Å². The highest BCUT2D eigenvalue weighted by atomic mass is 32.2. The summed E-state index contributed by atoms with van der Waals surface area (Å²) in [6, 6.07) is 11.3. The van der Waals surface area contributed by atoms with Crippen LogP contribution in [0.2, 0.25) is 0 Å². The second-order valence-corrected chi connectivity index (χ2v) is 7.42. The van der Waals surface area contributed by atoms with Crippen molar-refractivity contribution in [3.8, 4) is 11.5 Å². The van der Waals surface area contributed by atoms with Gasteiger partial charge in [0.25, 0.3) is 0 Å². The van der Waals surface area contributed by atoms with Crippen molar-refractivity contribution in [3.05, 3.63) is 42.6 Å². The van der Waals surface area contributed by atoms with Gasteiger partial charge in [0, 0.05) is 25.0 Å². The smallest absolute Gasteiger partial charge is 0.321 e. The molecule has 0 atom stereocenters. The summed E-state index contributed by atoms with van der Waals surface area (Å²) in [5.74, 6) is 2.78. The lowest BCUT2D eigenvalue weighted by Crippen LogP contribution is -2.41. The first-order chi connectivity index (χ1) is 13.2. The van der Waals surface area contributed by atoms with Crippen molar-refractivity contribution in [2.75, 3.05) is 38.4 Å². The summed E-state index contributed by atoms with van der Waals surface area (Å²) in [7, 11) is 3.15. The molecule has 0 saturated carbocycles. The number of thioether (sulfide) groups is 1. The normalized spacial score (nSPS) is 14.7. The van der Waals surface area contributed by atoms with Crippen LogP contribution in [0, 0.1) is 5.92 Å². The van der Waals surface area contributed by atoms with Gasteiger partial charge in [-0.2, -0.15) is 0 Å². The lowest BCUT2D eigenvalue weighted by molar-refractivity contribution is 0.187. The van der Waals surface area contributed by atoms with Crippen LogP contribution < -0.4 is 14.8 Å². The van der Waals surface area contributed by atoms with Gasteiger partial charge < -0.3 is 19.7 Å². The molecule has 3 rings (SSSR count). The van der Waals surface area contributed by atoms with Gasteiger partial charge in [0.05, 0.1) is 24.9 Å². The van der Waals surface area contributed by atoms with Crippen molar-refractivity contribution >= 4 is 23.5 Å². The number of hydrogen-bond acceptors (Lipinski definition) is 5. The van der Waals surface area contributed by atoms with Gasteiger partial charge in [0.1, 0.15) is 0 Å². The molecule has 0 radical (unpaired) electrons. The zero-order valence-electron chi connectivity index (χ0n) is 15.7. The zero-order chi connectivity index (χ0) is 19.1. The molecule has 144 valence electrons. The van der Waals surface area contributed by atoms with Gasteiger partial charge in [0.15, 0.2) is 11.5 Å². The lowest BCUT2D eigenvalue weighted by atomic mass is 9.99. The van der Waals surface area contributed by atoms with Crippen molar-refractivity contribution in [3.63, 3.8) is 0 Å². The van der Waals surface area contributed by atoms with Crippen LogP contribution in [-0.2, 0) is 0 Å². The molecular weight excluding hydrogens is 362 g/mol. The van der Waals surface area contributed by atoms with Gasteiger partial charge in [-0.1, -0.05) is 12.1 Å². The van der Waals surface area contributed by atoms with E-state index in [1.807, 2.05) is 41.4 Å². The number of anilines is 1. The van der Waals surface area contributed by atoms with Gasteiger partial charge in [-0.25, -0.2) is 9.78 Å². The molecule has 2 heterocycles. The molecule has 1 aliphatic heterocycles. The predicted octanol–water partition coefficient (Wildman–Crippen LogP) is 4.14. The van der Waals surface area contributed by atoms with Crippen LogP contribution in [0.3, 0.4) is 0 Å². The summed E-state index contributed by atoms with van der Waals surface area (Å²) in [6.07, 6.45) is 3.83. The standard InChI is InChI=1S/C20H25N3O3S/c1-25-17-7-5-6-16(19(17)26-2)22-20(24)23-12-9-15(10-13-23)14-27-18-8-3-4-11-21-18/h3-8,11,15H,9-10,12-14H2,1-2H3,(H,22,24). The number of rotatable bonds is 6. The number of para-hydroxylation sites is 1. The van der Waals surface area contributed by atoms with Crippen LogP contribution in [-0.4, -0.2) is 49.0 Å². The minimum Gasteiger partial charge on any atom is -0.493 e. The van der Waals surface area contributed by atoms with E-state index in [1.165, 1.54) is 0 Å². The average Bonchev–Trinajstić information content (AvgIpc) is 2.73. The Morgan fingerprint density at radius 1 is 1.19 bits per heavy atom. The van der Waals surface area contributed by atoms with E-state index in [0.29, 0.717) is 23.1 Å². The van der Waals surface area contributed by atoms with Gasteiger partial charge >= 0.3 is 6.03 Å². The van der Waals surface area contributed by atoms with E-state index in [1.54, 1.807) is 32.0 Å². The maximum atomic E-state index is 12.6. The maximum Gasteiger partial charge on any atom is 0.321 e. The Labute approximate surface area is 164 Å². The van der Waals surface area contributed by atoms with E-state index in [2.05, 4.69) is 10.3 Å². The number of piperidine rings is 1. The number of nitrogens with one attached hydrogen (secondary N) is 1. The van der Waals surface area contributed by atoms with Crippen LogP contribution in [0.15, 0.2) is 47.6 Å². The second-order valence-electron chi connectivity index (χ2n) is 6.38. The van der Waals surface area contributed by atoms with E-state index < -0.39 is 0 Å². The molecule has 1 aromatic heterocycles. The quantitative estimate of drug-likeness (QED) is 0.755. The molecule has 1 aliphatic rings. The highest BCUT2D eigenvalue weighted by Crippen LogP contribution is 2.35. The number of nitrogens with zero attached hydrogens (tertiary/aromatic N) is 2. The number of aromatic nitrogens is 1. The number of carbonyl (C=O) groups is 1. The Balaban J connectivity index is 1.50. The molecule has 1 N–H and O–H groups in total. The minimum absolute atomic E-state index is 0.0996. The Kier molecular flexibility index (Phi) is 6.81. The third-order valence-corrected chi connectivity index (χ3v) is 5.83. The molecule has 2 amide bonds. The number of hydrogen-bond donors (Lipinski definition) is 1. The number of pyridine rings is 1. The molecule has 2 aromatic rings. The highest BCUT2D eigenvalue weighted by molar-refractivity contribution is 7.99. The molecule has 1 aromatic carbocycles. The number of methoxy groups -OCH3 is 2. The number of likely N-dealkylation sites (tertiary alicyclic amines) is 1. The van der Waals surface area contributed by atoms with Crippen LogP contribution in [0.1, 0.15) is 12.8 Å². The van der Waals surface area contributed by atoms with Crippen molar-refractivity contribution in [2.24, 2.45) is 5.92 Å². The topological polar surface area (TPSA) is 63.7 Å². The first kappa shape index (κ1) is 19.4. The third-order valence-electron chi connectivity index (χ3n) is 4.65. The Hall–Kier alpha value is -2.41. The number of ether oxygens (including phenoxy) is 2. The zero-order valence-corrected chi connectivity index (χ0v) is 16.5. The third kappa shape index (κ3) is 5.07. The second kappa shape index (κ2) is 9.50. The van der Waals surface area contributed by atoms with E-state index in [0.717, 1.165) is 36.7 Å². The molecule has 0 unspecified atom stereocenters. The average molecular weight is 388 g/mol. The van der Waals surface area contributed by atoms with E-state index >= 15 is 0 Å². The monoisotopic (exact) mass is 387 g/mol. The number of urea groups is 1. The van der Waals surface area contributed by atoms with Crippen LogP contribution in [0.25, 0.3) is 0 Å². The van der Waals surface area contributed by atoms with Crippen molar-refractivity contribution < 1.29 is 14.3 Å². The van der Waals surface area contributed by atoms with Crippen molar-refractivity contribution in [1.82, 2.24) is 9.88 Å². The fourth-order valence-corrected chi connectivity index (χ4v) is 4.17. The van der Waals surface area contributed by atoms with Gasteiger partial charge in [-0.15, -0.1) is 11.8 Å². The molecule has 7 heteroatoms. The largest absolute Gasteiger partial charge is 0.493 e. The highest BCUT2D eigenvalue weighted by Gasteiger charge is 2.24. The molecule has 0 aliphatic carbocycles. The van der Waals surface area contributed by atoms with Gasteiger partial charge in [-0.05, 0) is 43.0 Å². The first-order valence-electron chi connectivity index (χ1n) is 9.02. The summed E-state index contributed by atoms with van der Waals surface area (Å²) < 4.78 is 10.7. The first-order valence-corrected chi connectivity index (χ1v) is 10.0. The fraction of sp³-hybridized carbons (Fsp3) is 0.400. The summed E-state index contributed by atoms with van der Waals surface area (Å²) in [5.41, 5.74) is 0.620. The molecule has 27 heavy (non-hydrogen) atoms. The minimum atomic E-state index is -0.0996. The van der Waals surface area contributed by atoms with Gasteiger partial charge in [-0.3, -0.25) is 0 Å². The van der Waals surface area contributed by atoms with Crippen molar-refractivity contribution in [1.29, 1.82) is 0 Å². The Morgan fingerprint density at radius 3 is 2.67 bits per heavy atom. The van der Waals surface area contributed by atoms with Crippen LogP contribution >= 0.6 is 11.8 Å². The maximum absolute atomic E-state index is 12.6. The number of amides is 2. The molecule has 6 nitrogen and oxygen atoms in total.